The Morgan fingerprint density at radius 3 is 2.25 bits per heavy atom. The molecule has 0 aromatic heterocycles. The van der Waals surface area contributed by atoms with E-state index in [9.17, 15) is 18.0 Å². The SMILES string of the molecule is CCO/C=C(\C(=O)c1ccc(S(C)(=O)=O)c(Cl)c1Cl)C(=O)C(C)C. The molecule has 132 valence electrons. The van der Waals surface area contributed by atoms with Crippen molar-refractivity contribution in [2.45, 2.75) is 25.7 Å². The Hall–Kier alpha value is -1.37. The fourth-order valence-corrected chi connectivity index (χ4v) is 3.47. The van der Waals surface area contributed by atoms with Gasteiger partial charge >= 0.3 is 0 Å². The van der Waals surface area contributed by atoms with Crippen molar-refractivity contribution < 1.29 is 22.7 Å². The molecule has 0 fully saturated rings. The highest BCUT2D eigenvalue weighted by molar-refractivity contribution is 7.90. The van der Waals surface area contributed by atoms with Crippen molar-refractivity contribution in [3.8, 4) is 0 Å². The molecule has 0 amide bonds. The quantitative estimate of drug-likeness (QED) is 0.232. The molecular weight excluding hydrogens is 375 g/mol. The van der Waals surface area contributed by atoms with E-state index in [1.807, 2.05) is 0 Å². The number of Topliss-reactive ketones (excluding diaryl/α,β-unsaturated/α-hetero) is 2. The van der Waals surface area contributed by atoms with Gasteiger partial charge in [0.1, 0.15) is 5.57 Å². The van der Waals surface area contributed by atoms with Crippen molar-refractivity contribution in [1.82, 2.24) is 0 Å². The zero-order chi connectivity index (χ0) is 18.7. The second-order valence-electron chi connectivity index (χ2n) is 5.35. The van der Waals surface area contributed by atoms with Gasteiger partial charge in [0.05, 0.1) is 27.8 Å². The van der Waals surface area contributed by atoms with Crippen molar-refractivity contribution in [3.63, 3.8) is 0 Å². The summed E-state index contributed by atoms with van der Waals surface area (Å²) in [5.74, 6) is -1.51. The lowest BCUT2D eigenvalue weighted by atomic mass is 9.95. The number of hydrogen-bond acceptors (Lipinski definition) is 5. The van der Waals surface area contributed by atoms with Gasteiger partial charge < -0.3 is 4.74 Å². The minimum absolute atomic E-state index is 0.0611. The van der Waals surface area contributed by atoms with E-state index < -0.39 is 27.3 Å². The van der Waals surface area contributed by atoms with Crippen LogP contribution in [0.1, 0.15) is 31.1 Å². The first-order valence-electron chi connectivity index (χ1n) is 7.11. The van der Waals surface area contributed by atoms with E-state index in [1.54, 1.807) is 20.8 Å². The number of allylic oxidation sites excluding steroid dienone is 1. The molecule has 1 aromatic carbocycles. The molecule has 0 aliphatic carbocycles. The molecule has 1 aromatic rings. The van der Waals surface area contributed by atoms with Crippen LogP contribution < -0.4 is 0 Å². The van der Waals surface area contributed by atoms with Gasteiger partial charge in [0.25, 0.3) is 0 Å². The van der Waals surface area contributed by atoms with Crippen molar-refractivity contribution in [2.24, 2.45) is 5.92 Å². The summed E-state index contributed by atoms with van der Waals surface area (Å²) in [4.78, 5) is 24.7. The number of halogens is 2. The van der Waals surface area contributed by atoms with Crippen LogP contribution in [0.4, 0.5) is 0 Å². The average molecular weight is 393 g/mol. The highest BCUT2D eigenvalue weighted by atomic mass is 35.5. The molecular formula is C16H18Cl2O5S. The Morgan fingerprint density at radius 2 is 1.79 bits per heavy atom. The normalized spacial score (nSPS) is 12.4. The first-order valence-corrected chi connectivity index (χ1v) is 9.75. The Bertz CT molecular complexity index is 795. The van der Waals surface area contributed by atoms with Gasteiger partial charge in [0.15, 0.2) is 15.6 Å². The molecule has 0 unspecified atom stereocenters. The van der Waals surface area contributed by atoms with E-state index in [0.29, 0.717) is 0 Å². The van der Waals surface area contributed by atoms with Crippen molar-refractivity contribution in [3.05, 3.63) is 39.6 Å². The predicted molar refractivity (Wildman–Crippen MR) is 93.5 cm³/mol. The molecule has 5 nitrogen and oxygen atoms in total. The van der Waals surface area contributed by atoms with E-state index in [1.165, 1.54) is 12.1 Å². The molecule has 0 N–H and O–H groups in total. The smallest absolute Gasteiger partial charge is 0.201 e. The maximum atomic E-state index is 12.7. The van der Waals surface area contributed by atoms with E-state index in [0.717, 1.165) is 12.5 Å². The number of rotatable bonds is 7. The van der Waals surface area contributed by atoms with Crippen LogP contribution in [-0.4, -0.2) is 32.8 Å². The van der Waals surface area contributed by atoms with Crippen LogP contribution in [0.3, 0.4) is 0 Å². The zero-order valence-electron chi connectivity index (χ0n) is 13.7. The minimum atomic E-state index is -3.60. The first-order chi connectivity index (χ1) is 11.0. The Balaban J connectivity index is 3.46. The molecule has 0 aliphatic rings. The van der Waals surface area contributed by atoms with Crippen molar-refractivity contribution in [2.75, 3.05) is 12.9 Å². The number of benzene rings is 1. The van der Waals surface area contributed by atoms with Crippen LogP contribution in [0, 0.1) is 5.92 Å². The second-order valence-corrected chi connectivity index (χ2v) is 8.09. The van der Waals surface area contributed by atoms with Crippen LogP contribution in [0.15, 0.2) is 28.9 Å². The number of ether oxygens (including phenoxy) is 1. The monoisotopic (exact) mass is 392 g/mol. The topological polar surface area (TPSA) is 77.5 Å². The number of hydrogen-bond donors (Lipinski definition) is 0. The highest BCUT2D eigenvalue weighted by Gasteiger charge is 2.27. The van der Waals surface area contributed by atoms with Crippen LogP contribution in [0.25, 0.3) is 0 Å². The van der Waals surface area contributed by atoms with Gasteiger partial charge in [-0.15, -0.1) is 0 Å². The first kappa shape index (κ1) is 20.7. The molecule has 0 aliphatic heterocycles. The molecule has 0 bridgehead atoms. The number of ketones is 2. The summed E-state index contributed by atoms with van der Waals surface area (Å²) in [5.41, 5.74) is -0.231. The summed E-state index contributed by atoms with van der Waals surface area (Å²) in [6.45, 7) is 5.29. The molecule has 0 radical (unpaired) electrons. The van der Waals surface area contributed by atoms with E-state index >= 15 is 0 Å². The van der Waals surface area contributed by atoms with Crippen molar-refractivity contribution in [1.29, 1.82) is 0 Å². The van der Waals surface area contributed by atoms with Gasteiger partial charge in [-0.2, -0.15) is 0 Å². The maximum Gasteiger partial charge on any atom is 0.201 e. The summed E-state index contributed by atoms with van der Waals surface area (Å²) in [7, 11) is -3.60. The van der Waals surface area contributed by atoms with Crippen molar-refractivity contribution >= 4 is 44.6 Å². The molecule has 0 atom stereocenters. The predicted octanol–water partition coefficient (Wildman–Crippen LogP) is 3.73. The van der Waals surface area contributed by atoms with Crippen LogP contribution in [-0.2, 0) is 19.4 Å². The van der Waals surface area contributed by atoms with Crippen LogP contribution >= 0.6 is 23.2 Å². The molecule has 0 heterocycles. The average Bonchev–Trinajstić information content (AvgIpc) is 2.48. The fraction of sp³-hybridized carbons (Fsp3) is 0.375. The minimum Gasteiger partial charge on any atom is -0.501 e. The van der Waals surface area contributed by atoms with Gasteiger partial charge in [-0.3, -0.25) is 9.59 Å². The Kier molecular flexibility index (Phi) is 7.01. The summed E-state index contributed by atoms with van der Waals surface area (Å²) in [6.07, 6.45) is 2.08. The van der Waals surface area contributed by atoms with Gasteiger partial charge in [0.2, 0.25) is 5.78 Å². The molecule has 0 spiro atoms. The summed E-state index contributed by atoms with van der Waals surface area (Å²) < 4.78 is 28.4. The summed E-state index contributed by atoms with van der Waals surface area (Å²) in [5, 5.41) is -0.471. The van der Waals surface area contributed by atoms with Crippen LogP contribution in [0.5, 0.6) is 0 Å². The number of carbonyl (C=O) groups excluding carboxylic acids is 2. The molecule has 0 saturated carbocycles. The van der Waals surface area contributed by atoms with E-state index in [2.05, 4.69) is 0 Å². The third-order valence-electron chi connectivity index (χ3n) is 3.09. The van der Waals surface area contributed by atoms with Gasteiger partial charge in [-0.1, -0.05) is 37.0 Å². The second kappa shape index (κ2) is 8.14. The molecule has 1 rings (SSSR count). The lowest BCUT2D eigenvalue weighted by molar-refractivity contribution is -0.118. The summed E-state index contributed by atoms with van der Waals surface area (Å²) >= 11 is 12.0. The number of carbonyl (C=O) groups is 2. The Labute approximate surface area is 151 Å². The van der Waals surface area contributed by atoms with E-state index in [-0.39, 0.29) is 32.7 Å². The lowest BCUT2D eigenvalue weighted by Gasteiger charge is -2.12. The standard InChI is InChI=1S/C16H18Cl2O5S/c1-5-23-8-11(15(19)9(2)3)16(20)10-6-7-12(24(4,21)22)14(18)13(10)17/h6-9H,5H2,1-4H3/b11-8-. The fourth-order valence-electron chi connectivity index (χ4n) is 1.84. The third-order valence-corrected chi connectivity index (χ3v) is 5.23. The third kappa shape index (κ3) is 4.59. The Morgan fingerprint density at radius 1 is 1.21 bits per heavy atom. The maximum absolute atomic E-state index is 12.7. The lowest BCUT2D eigenvalue weighted by Crippen LogP contribution is -2.19. The van der Waals surface area contributed by atoms with E-state index in [4.69, 9.17) is 27.9 Å². The van der Waals surface area contributed by atoms with Gasteiger partial charge in [0, 0.05) is 17.7 Å². The largest absolute Gasteiger partial charge is 0.501 e. The molecule has 0 saturated heterocycles. The number of sulfone groups is 1. The van der Waals surface area contributed by atoms with Gasteiger partial charge in [-0.25, -0.2) is 8.42 Å². The molecule has 24 heavy (non-hydrogen) atoms. The van der Waals surface area contributed by atoms with Gasteiger partial charge in [-0.05, 0) is 19.1 Å². The molecule has 8 heteroatoms. The summed E-state index contributed by atoms with van der Waals surface area (Å²) in [6, 6.07) is 2.43. The zero-order valence-corrected chi connectivity index (χ0v) is 16.1. The highest BCUT2D eigenvalue weighted by Crippen LogP contribution is 2.33. The van der Waals surface area contributed by atoms with Crippen LogP contribution in [0.2, 0.25) is 10.0 Å².